The van der Waals surface area contributed by atoms with Gasteiger partial charge in [0.1, 0.15) is 13.2 Å². The number of esters is 3. The lowest BCUT2D eigenvalue weighted by Crippen LogP contribution is -2.30. The van der Waals surface area contributed by atoms with Crippen molar-refractivity contribution in [2.75, 3.05) is 13.2 Å². The summed E-state index contributed by atoms with van der Waals surface area (Å²) in [5.41, 5.74) is 0. The Balaban J connectivity index is 4.34. The summed E-state index contributed by atoms with van der Waals surface area (Å²) in [5, 5.41) is 0. The van der Waals surface area contributed by atoms with Crippen LogP contribution < -0.4 is 0 Å². The van der Waals surface area contributed by atoms with Gasteiger partial charge in [-0.05, 0) is 77.0 Å². The van der Waals surface area contributed by atoms with Gasteiger partial charge in [-0.3, -0.25) is 14.4 Å². The Kier molecular flexibility index (Phi) is 60.3. The van der Waals surface area contributed by atoms with Crippen molar-refractivity contribution in [1.29, 1.82) is 0 Å². The first-order chi connectivity index (χ1) is 37.0. The molecule has 6 nitrogen and oxygen atoms in total. The van der Waals surface area contributed by atoms with Gasteiger partial charge < -0.3 is 14.2 Å². The van der Waals surface area contributed by atoms with Crippen LogP contribution >= 0.6 is 0 Å². The molecular formula is C69H120O6. The highest BCUT2D eigenvalue weighted by atomic mass is 16.6. The van der Waals surface area contributed by atoms with E-state index in [0.717, 1.165) is 109 Å². The fourth-order valence-electron chi connectivity index (χ4n) is 9.13. The molecule has 0 saturated heterocycles. The van der Waals surface area contributed by atoms with Crippen molar-refractivity contribution in [2.24, 2.45) is 0 Å². The van der Waals surface area contributed by atoms with Crippen molar-refractivity contribution < 1.29 is 28.6 Å². The van der Waals surface area contributed by atoms with Crippen LogP contribution in [0, 0.1) is 0 Å². The highest BCUT2D eigenvalue weighted by Gasteiger charge is 2.19. The van der Waals surface area contributed by atoms with E-state index in [9.17, 15) is 14.4 Å². The summed E-state index contributed by atoms with van der Waals surface area (Å²) in [6, 6.07) is 0. The van der Waals surface area contributed by atoms with Gasteiger partial charge in [0.2, 0.25) is 0 Å². The zero-order valence-electron chi connectivity index (χ0n) is 49.6. The fourth-order valence-corrected chi connectivity index (χ4v) is 9.13. The molecule has 0 amide bonds. The molecule has 0 aliphatic carbocycles. The first-order valence-electron chi connectivity index (χ1n) is 32.1. The fraction of sp³-hybridized carbons (Fsp3) is 0.754. The van der Waals surface area contributed by atoms with Gasteiger partial charge in [-0.15, -0.1) is 0 Å². The lowest BCUT2D eigenvalue weighted by molar-refractivity contribution is -0.167. The summed E-state index contributed by atoms with van der Waals surface area (Å²) in [5.74, 6) is -0.904. The Bertz CT molecular complexity index is 1430. The SMILES string of the molecule is CC/C=C\C/C=C\C/C=C\C/C=C\C/C=C\C/C=C\C/C=C\CCCCCC(=O)OCC(COC(=O)CCCCCCCCCCCCC)OC(=O)CCCCCCCCCCCCCCCCCCCCCCC. The Morgan fingerprint density at radius 3 is 0.813 bits per heavy atom. The normalized spacial score (nSPS) is 12.6. The lowest BCUT2D eigenvalue weighted by Gasteiger charge is -2.18. The first kappa shape index (κ1) is 71.6. The highest BCUT2D eigenvalue weighted by molar-refractivity contribution is 5.71. The van der Waals surface area contributed by atoms with Gasteiger partial charge in [0, 0.05) is 19.3 Å². The van der Waals surface area contributed by atoms with E-state index in [1.165, 1.54) is 167 Å². The number of carbonyl (C=O) groups is 3. The maximum Gasteiger partial charge on any atom is 0.306 e. The second kappa shape index (κ2) is 63.1. The molecule has 0 aromatic rings. The van der Waals surface area contributed by atoms with Gasteiger partial charge in [-0.1, -0.05) is 305 Å². The molecule has 1 atom stereocenters. The highest BCUT2D eigenvalue weighted by Crippen LogP contribution is 2.17. The largest absolute Gasteiger partial charge is 0.462 e. The topological polar surface area (TPSA) is 78.9 Å². The van der Waals surface area contributed by atoms with Crippen LogP contribution in [0.1, 0.15) is 316 Å². The van der Waals surface area contributed by atoms with Crippen LogP contribution in [0.3, 0.4) is 0 Å². The van der Waals surface area contributed by atoms with E-state index >= 15 is 0 Å². The molecule has 0 N–H and O–H groups in total. The second-order valence-corrected chi connectivity index (χ2v) is 21.3. The number of rotatable bonds is 58. The minimum Gasteiger partial charge on any atom is -0.462 e. The maximum atomic E-state index is 12.9. The Hall–Kier alpha value is -3.41. The molecular weight excluding hydrogens is 925 g/mol. The molecule has 6 heteroatoms. The monoisotopic (exact) mass is 1040 g/mol. The average Bonchev–Trinajstić information content (AvgIpc) is 3.41. The third kappa shape index (κ3) is 61.3. The number of carbonyl (C=O) groups excluding carboxylic acids is 3. The summed E-state index contributed by atoms with van der Waals surface area (Å²) in [7, 11) is 0. The minimum atomic E-state index is -0.788. The predicted molar refractivity (Wildman–Crippen MR) is 325 cm³/mol. The molecule has 0 heterocycles. The van der Waals surface area contributed by atoms with Gasteiger partial charge in [-0.25, -0.2) is 0 Å². The van der Waals surface area contributed by atoms with Gasteiger partial charge in [0.15, 0.2) is 6.10 Å². The molecule has 0 aliphatic rings. The average molecular weight is 1050 g/mol. The van der Waals surface area contributed by atoms with Crippen LogP contribution in [0.15, 0.2) is 85.1 Å². The second-order valence-electron chi connectivity index (χ2n) is 21.3. The molecule has 0 spiro atoms. The number of hydrogen-bond acceptors (Lipinski definition) is 6. The Labute approximate surface area is 465 Å². The van der Waals surface area contributed by atoms with Crippen LogP contribution in [-0.2, 0) is 28.6 Å². The smallest absolute Gasteiger partial charge is 0.306 e. The van der Waals surface area contributed by atoms with Crippen LogP contribution in [0.25, 0.3) is 0 Å². The third-order valence-corrected chi connectivity index (χ3v) is 13.9. The van der Waals surface area contributed by atoms with E-state index in [2.05, 4.69) is 106 Å². The Morgan fingerprint density at radius 2 is 0.520 bits per heavy atom. The molecule has 0 rings (SSSR count). The van der Waals surface area contributed by atoms with Crippen LogP contribution in [0.5, 0.6) is 0 Å². The first-order valence-corrected chi connectivity index (χ1v) is 32.1. The predicted octanol–water partition coefficient (Wildman–Crippen LogP) is 21.9. The summed E-state index contributed by atoms with van der Waals surface area (Å²) < 4.78 is 16.9. The molecule has 0 aromatic heterocycles. The summed E-state index contributed by atoms with van der Waals surface area (Å²) >= 11 is 0. The number of ether oxygens (including phenoxy) is 3. The van der Waals surface area contributed by atoms with Gasteiger partial charge in [0.25, 0.3) is 0 Å². The zero-order chi connectivity index (χ0) is 54.3. The van der Waals surface area contributed by atoms with Crippen molar-refractivity contribution in [3.05, 3.63) is 85.1 Å². The van der Waals surface area contributed by atoms with Crippen LogP contribution in [0.2, 0.25) is 0 Å². The molecule has 75 heavy (non-hydrogen) atoms. The molecule has 0 fully saturated rings. The van der Waals surface area contributed by atoms with E-state index < -0.39 is 6.10 Å². The number of allylic oxidation sites excluding steroid dienone is 14. The molecule has 1 unspecified atom stereocenters. The van der Waals surface area contributed by atoms with Gasteiger partial charge in [-0.2, -0.15) is 0 Å². The molecule has 0 saturated carbocycles. The van der Waals surface area contributed by atoms with Crippen molar-refractivity contribution >= 4 is 17.9 Å². The maximum absolute atomic E-state index is 12.9. The third-order valence-electron chi connectivity index (χ3n) is 13.9. The quantitative estimate of drug-likeness (QED) is 0.0261. The van der Waals surface area contributed by atoms with Crippen molar-refractivity contribution in [1.82, 2.24) is 0 Å². The molecule has 0 radical (unpaired) electrons. The van der Waals surface area contributed by atoms with E-state index in [0.29, 0.717) is 19.3 Å². The Morgan fingerprint density at radius 1 is 0.280 bits per heavy atom. The van der Waals surface area contributed by atoms with E-state index in [1.807, 2.05) is 0 Å². The van der Waals surface area contributed by atoms with E-state index in [-0.39, 0.29) is 31.1 Å². The minimum absolute atomic E-state index is 0.0832. The lowest BCUT2D eigenvalue weighted by atomic mass is 10.0. The van der Waals surface area contributed by atoms with Crippen LogP contribution in [-0.4, -0.2) is 37.2 Å². The van der Waals surface area contributed by atoms with Crippen LogP contribution in [0.4, 0.5) is 0 Å². The number of unbranched alkanes of at least 4 members (excludes halogenated alkanes) is 33. The van der Waals surface area contributed by atoms with E-state index in [1.54, 1.807) is 0 Å². The molecule has 432 valence electrons. The number of hydrogen-bond donors (Lipinski definition) is 0. The van der Waals surface area contributed by atoms with Gasteiger partial charge >= 0.3 is 17.9 Å². The molecule has 0 aromatic carbocycles. The zero-order valence-corrected chi connectivity index (χ0v) is 49.6. The molecule has 0 aliphatic heterocycles. The van der Waals surface area contributed by atoms with Crippen molar-refractivity contribution in [3.8, 4) is 0 Å². The van der Waals surface area contributed by atoms with Crippen molar-refractivity contribution in [3.63, 3.8) is 0 Å². The van der Waals surface area contributed by atoms with Crippen molar-refractivity contribution in [2.45, 2.75) is 322 Å². The molecule has 0 bridgehead atoms. The summed E-state index contributed by atoms with van der Waals surface area (Å²) in [6.45, 7) is 6.53. The van der Waals surface area contributed by atoms with E-state index in [4.69, 9.17) is 14.2 Å². The summed E-state index contributed by atoms with van der Waals surface area (Å²) in [4.78, 5) is 38.2. The summed E-state index contributed by atoms with van der Waals surface area (Å²) in [6.07, 6.45) is 83.1. The van der Waals surface area contributed by atoms with Gasteiger partial charge in [0.05, 0.1) is 0 Å². The standard InChI is InChI=1S/C69H120O6/c1-4-7-10-13-16-19-22-24-26-28-30-32-33-34-35-37-38-40-42-44-47-50-53-56-59-62-68(71)74-65-66(64-73-67(70)61-58-55-52-49-46-21-18-15-12-9-6-3)75-69(72)63-60-57-54-51-48-45-43-41-39-36-31-29-27-25-23-20-17-14-11-8-5-2/h7,10,16,19,24,26,30,32,34-35,38,40,44,47,66H,4-6,8-9,11-15,17-18,20-23,25,27-29,31,33,36-37,39,41-43,45-46,48-65H2,1-3H3/b10-7-,19-16-,26-24-,32-30-,35-34-,40-38-,47-44-.